The summed E-state index contributed by atoms with van der Waals surface area (Å²) in [6, 6.07) is 19.6. The van der Waals surface area contributed by atoms with Crippen LogP contribution in [0.3, 0.4) is 0 Å². The molecule has 0 aliphatic carbocycles. The number of aromatic nitrogens is 2. The van der Waals surface area contributed by atoms with Gasteiger partial charge in [-0.15, -0.1) is 0 Å². The number of rotatable bonds is 5. The number of pyridine rings is 1. The fourth-order valence-corrected chi connectivity index (χ4v) is 4.07. The van der Waals surface area contributed by atoms with Gasteiger partial charge in [0.05, 0.1) is 5.39 Å². The number of benzene rings is 2. The smallest absolute Gasteiger partial charge is 0.253 e. The zero-order chi connectivity index (χ0) is 21.0. The molecule has 1 aliphatic rings. The van der Waals surface area contributed by atoms with Gasteiger partial charge in [-0.25, -0.2) is 0 Å². The summed E-state index contributed by atoms with van der Waals surface area (Å²) in [5, 5.41) is 5.02. The second kappa shape index (κ2) is 8.70. The van der Waals surface area contributed by atoms with Gasteiger partial charge in [-0.1, -0.05) is 35.5 Å². The van der Waals surface area contributed by atoms with Gasteiger partial charge in [0.1, 0.15) is 5.52 Å². The van der Waals surface area contributed by atoms with Gasteiger partial charge < -0.3 is 9.42 Å². The zero-order valence-electron chi connectivity index (χ0n) is 17.3. The van der Waals surface area contributed by atoms with Crippen LogP contribution in [-0.2, 0) is 6.42 Å². The Hall–Kier alpha value is -3.51. The molecular weight excluding hydrogens is 388 g/mol. The van der Waals surface area contributed by atoms with Crippen molar-refractivity contribution in [3.63, 3.8) is 0 Å². The summed E-state index contributed by atoms with van der Waals surface area (Å²) < 4.78 is 5.57. The Labute approximate surface area is 181 Å². The van der Waals surface area contributed by atoms with Crippen LogP contribution in [0.1, 0.15) is 15.9 Å². The summed E-state index contributed by atoms with van der Waals surface area (Å²) >= 11 is 0. The highest BCUT2D eigenvalue weighted by molar-refractivity contribution is 6.01. The van der Waals surface area contributed by atoms with Crippen LogP contribution < -0.4 is 0 Å². The highest BCUT2D eigenvalue weighted by Gasteiger charge is 2.23. The molecule has 0 radical (unpaired) electrons. The minimum absolute atomic E-state index is 0.0656. The molecule has 31 heavy (non-hydrogen) atoms. The Kier molecular flexibility index (Phi) is 5.46. The average molecular weight is 412 g/mol. The van der Waals surface area contributed by atoms with Crippen molar-refractivity contribution in [2.45, 2.75) is 6.42 Å². The standard InChI is InChI=1S/C25H24N4O2/c30-25(29-16-14-28(15-17-29)13-10-19-8-11-26-12-9-19)21-6-7-23-22(18-21)24(31-27-23)20-4-2-1-3-5-20/h1-9,11-12,18H,10,13-17H2. The number of piperazine rings is 1. The van der Waals surface area contributed by atoms with E-state index in [-0.39, 0.29) is 5.91 Å². The number of carbonyl (C=O) groups is 1. The van der Waals surface area contributed by atoms with E-state index in [2.05, 4.69) is 27.2 Å². The molecule has 0 spiro atoms. The van der Waals surface area contributed by atoms with E-state index in [1.54, 1.807) is 0 Å². The molecule has 0 bridgehead atoms. The molecule has 2 aromatic carbocycles. The monoisotopic (exact) mass is 412 g/mol. The highest BCUT2D eigenvalue weighted by atomic mass is 16.5. The quantitative estimate of drug-likeness (QED) is 0.498. The van der Waals surface area contributed by atoms with E-state index in [9.17, 15) is 4.79 Å². The molecule has 0 unspecified atom stereocenters. The van der Waals surface area contributed by atoms with E-state index in [4.69, 9.17) is 4.52 Å². The Morgan fingerprint density at radius 3 is 2.48 bits per heavy atom. The van der Waals surface area contributed by atoms with Gasteiger partial charge in [0, 0.05) is 56.2 Å². The van der Waals surface area contributed by atoms with Gasteiger partial charge in [0.25, 0.3) is 5.91 Å². The molecule has 0 atom stereocenters. The first kappa shape index (κ1) is 19.5. The maximum atomic E-state index is 13.1. The van der Waals surface area contributed by atoms with Crippen LogP contribution in [0.15, 0.2) is 77.6 Å². The Bertz CT molecular complexity index is 1170. The van der Waals surface area contributed by atoms with Crippen molar-refractivity contribution in [1.82, 2.24) is 19.9 Å². The number of nitrogens with zero attached hydrogens (tertiary/aromatic N) is 4. The van der Waals surface area contributed by atoms with Crippen LogP contribution in [0, 0.1) is 0 Å². The van der Waals surface area contributed by atoms with Crippen LogP contribution >= 0.6 is 0 Å². The predicted molar refractivity (Wildman–Crippen MR) is 120 cm³/mol. The lowest BCUT2D eigenvalue weighted by molar-refractivity contribution is 0.0638. The minimum Gasteiger partial charge on any atom is -0.355 e. The second-order valence-electron chi connectivity index (χ2n) is 7.85. The molecule has 4 aromatic rings. The number of carbonyl (C=O) groups excluding carboxylic acids is 1. The van der Waals surface area contributed by atoms with E-state index in [0.717, 1.165) is 55.6 Å². The van der Waals surface area contributed by atoms with Gasteiger partial charge in [-0.3, -0.25) is 14.7 Å². The van der Waals surface area contributed by atoms with Gasteiger partial charge >= 0.3 is 0 Å². The lowest BCUT2D eigenvalue weighted by atomic mass is 10.1. The lowest BCUT2D eigenvalue weighted by Crippen LogP contribution is -2.49. The van der Waals surface area contributed by atoms with Crippen molar-refractivity contribution in [2.24, 2.45) is 0 Å². The Morgan fingerprint density at radius 1 is 0.935 bits per heavy atom. The van der Waals surface area contributed by atoms with Crippen LogP contribution in [-0.4, -0.2) is 58.6 Å². The number of amides is 1. The van der Waals surface area contributed by atoms with Crippen LogP contribution in [0.2, 0.25) is 0 Å². The largest absolute Gasteiger partial charge is 0.355 e. The summed E-state index contributed by atoms with van der Waals surface area (Å²) in [5.74, 6) is 0.766. The molecule has 0 saturated carbocycles. The first-order valence-electron chi connectivity index (χ1n) is 10.6. The van der Waals surface area contributed by atoms with Crippen molar-refractivity contribution in [1.29, 1.82) is 0 Å². The Balaban J connectivity index is 1.25. The molecule has 156 valence electrons. The molecule has 1 amide bonds. The lowest BCUT2D eigenvalue weighted by Gasteiger charge is -2.34. The fourth-order valence-electron chi connectivity index (χ4n) is 4.07. The van der Waals surface area contributed by atoms with Crippen molar-refractivity contribution < 1.29 is 9.32 Å². The molecule has 1 fully saturated rings. The average Bonchev–Trinajstić information content (AvgIpc) is 3.27. The minimum atomic E-state index is 0.0656. The van der Waals surface area contributed by atoms with Crippen molar-refractivity contribution in [3.8, 4) is 11.3 Å². The highest BCUT2D eigenvalue weighted by Crippen LogP contribution is 2.29. The zero-order valence-corrected chi connectivity index (χ0v) is 17.3. The first-order chi connectivity index (χ1) is 15.3. The van der Waals surface area contributed by atoms with Gasteiger partial charge in [-0.2, -0.15) is 0 Å². The molecule has 6 nitrogen and oxygen atoms in total. The molecule has 1 saturated heterocycles. The maximum absolute atomic E-state index is 13.1. The normalized spacial score (nSPS) is 14.8. The van der Waals surface area contributed by atoms with E-state index < -0.39 is 0 Å². The maximum Gasteiger partial charge on any atom is 0.253 e. The van der Waals surface area contributed by atoms with E-state index in [1.807, 2.05) is 65.8 Å². The number of fused-ring (bicyclic) bond motifs is 1. The third kappa shape index (κ3) is 4.20. The van der Waals surface area contributed by atoms with Crippen molar-refractivity contribution in [2.75, 3.05) is 32.7 Å². The Morgan fingerprint density at radius 2 is 1.71 bits per heavy atom. The summed E-state index contributed by atoms with van der Waals surface area (Å²) in [5.41, 5.74) is 3.69. The SMILES string of the molecule is O=C(c1ccc2noc(-c3ccccc3)c2c1)N1CCN(CCc2ccncc2)CC1. The predicted octanol–water partition coefficient (Wildman–Crippen LogP) is 3.89. The fraction of sp³-hybridized carbons (Fsp3) is 0.240. The van der Waals surface area contributed by atoms with Crippen molar-refractivity contribution in [3.05, 3.63) is 84.2 Å². The molecular formula is C25H24N4O2. The van der Waals surface area contributed by atoms with E-state index in [1.165, 1.54) is 5.56 Å². The van der Waals surface area contributed by atoms with Crippen LogP contribution in [0.5, 0.6) is 0 Å². The van der Waals surface area contributed by atoms with Gasteiger partial charge in [0.15, 0.2) is 5.76 Å². The number of hydrogen-bond acceptors (Lipinski definition) is 5. The molecule has 1 aliphatic heterocycles. The summed E-state index contributed by atoms with van der Waals surface area (Å²) in [6.45, 7) is 4.26. The van der Waals surface area contributed by atoms with E-state index >= 15 is 0 Å². The number of hydrogen-bond donors (Lipinski definition) is 0. The summed E-state index contributed by atoms with van der Waals surface area (Å²) in [6.07, 6.45) is 4.67. The van der Waals surface area contributed by atoms with E-state index in [0.29, 0.717) is 11.3 Å². The van der Waals surface area contributed by atoms with Gasteiger partial charge in [-0.05, 0) is 42.3 Å². The first-order valence-corrected chi connectivity index (χ1v) is 10.6. The van der Waals surface area contributed by atoms with Gasteiger partial charge in [0.2, 0.25) is 0 Å². The third-order valence-corrected chi connectivity index (χ3v) is 5.88. The second-order valence-corrected chi connectivity index (χ2v) is 7.85. The molecule has 5 rings (SSSR count). The molecule has 3 heterocycles. The summed E-state index contributed by atoms with van der Waals surface area (Å²) in [4.78, 5) is 21.6. The van der Waals surface area contributed by atoms with Crippen LogP contribution in [0.25, 0.3) is 22.2 Å². The molecule has 6 heteroatoms. The molecule has 0 N–H and O–H groups in total. The molecule has 2 aromatic heterocycles. The topological polar surface area (TPSA) is 62.5 Å². The third-order valence-electron chi connectivity index (χ3n) is 5.88. The van der Waals surface area contributed by atoms with Crippen LogP contribution in [0.4, 0.5) is 0 Å². The summed E-state index contributed by atoms with van der Waals surface area (Å²) in [7, 11) is 0. The van der Waals surface area contributed by atoms with Crippen molar-refractivity contribution >= 4 is 16.8 Å².